The van der Waals surface area contributed by atoms with E-state index in [1.807, 2.05) is 20.8 Å². The number of carbonyl (C=O) groups excluding carboxylic acids is 2. The summed E-state index contributed by atoms with van der Waals surface area (Å²) in [5.41, 5.74) is 5.75. The third kappa shape index (κ3) is 2.86. The van der Waals surface area contributed by atoms with E-state index >= 15 is 0 Å². The standard InChI is InChI=1S/C12H18N4O3/c1-12(2,3)19-11(18)15-4-5-16-9(7-15)8(6-14-16)10(13)17/h6H,4-5,7H2,1-3H3,(H2,13,17). The molecule has 0 aliphatic carbocycles. The molecule has 0 bridgehead atoms. The minimum absolute atomic E-state index is 0.285. The summed E-state index contributed by atoms with van der Waals surface area (Å²) in [4.78, 5) is 24.8. The van der Waals surface area contributed by atoms with Crippen molar-refractivity contribution in [1.82, 2.24) is 14.7 Å². The molecule has 0 unspecified atom stereocenters. The Morgan fingerprint density at radius 3 is 2.63 bits per heavy atom. The minimum Gasteiger partial charge on any atom is -0.444 e. The van der Waals surface area contributed by atoms with Crippen LogP contribution >= 0.6 is 0 Å². The number of aromatic nitrogens is 2. The molecular weight excluding hydrogens is 248 g/mol. The van der Waals surface area contributed by atoms with Crippen LogP contribution in [0.1, 0.15) is 36.8 Å². The molecule has 0 saturated carbocycles. The van der Waals surface area contributed by atoms with Gasteiger partial charge < -0.3 is 15.4 Å². The summed E-state index contributed by atoms with van der Waals surface area (Å²) in [5, 5.41) is 4.08. The third-order valence-electron chi connectivity index (χ3n) is 2.79. The van der Waals surface area contributed by atoms with Gasteiger partial charge in [0.25, 0.3) is 5.91 Å². The van der Waals surface area contributed by atoms with Crippen LogP contribution in [-0.4, -0.2) is 38.8 Å². The first kappa shape index (κ1) is 13.4. The zero-order chi connectivity index (χ0) is 14.2. The first-order chi connectivity index (χ1) is 8.78. The van der Waals surface area contributed by atoms with Crippen LogP contribution in [0.4, 0.5) is 4.79 Å². The molecule has 0 aromatic carbocycles. The molecule has 104 valence electrons. The Kier molecular flexibility index (Phi) is 3.21. The summed E-state index contributed by atoms with van der Waals surface area (Å²) in [6, 6.07) is 0. The monoisotopic (exact) mass is 266 g/mol. The van der Waals surface area contributed by atoms with Crippen molar-refractivity contribution >= 4 is 12.0 Å². The number of carbonyl (C=O) groups is 2. The smallest absolute Gasteiger partial charge is 0.410 e. The average molecular weight is 266 g/mol. The number of rotatable bonds is 1. The summed E-state index contributed by atoms with van der Waals surface area (Å²) in [7, 11) is 0. The van der Waals surface area contributed by atoms with Crippen molar-refractivity contribution in [3.63, 3.8) is 0 Å². The molecule has 1 aromatic heterocycles. The second kappa shape index (κ2) is 4.56. The summed E-state index contributed by atoms with van der Waals surface area (Å²) < 4.78 is 7.01. The van der Waals surface area contributed by atoms with Crippen molar-refractivity contribution < 1.29 is 14.3 Å². The van der Waals surface area contributed by atoms with Gasteiger partial charge in [-0.3, -0.25) is 9.48 Å². The van der Waals surface area contributed by atoms with Gasteiger partial charge in [0.2, 0.25) is 0 Å². The lowest BCUT2D eigenvalue weighted by Gasteiger charge is -2.30. The number of amides is 2. The highest BCUT2D eigenvalue weighted by Gasteiger charge is 2.28. The van der Waals surface area contributed by atoms with Crippen molar-refractivity contribution in [1.29, 1.82) is 0 Å². The van der Waals surface area contributed by atoms with E-state index < -0.39 is 17.6 Å². The van der Waals surface area contributed by atoms with Crippen molar-refractivity contribution in [2.45, 2.75) is 39.5 Å². The lowest BCUT2D eigenvalue weighted by atomic mass is 10.2. The van der Waals surface area contributed by atoms with Crippen LogP contribution in [0.5, 0.6) is 0 Å². The zero-order valence-electron chi connectivity index (χ0n) is 11.3. The Morgan fingerprint density at radius 2 is 2.05 bits per heavy atom. The molecular formula is C12H18N4O3. The highest BCUT2D eigenvalue weighted by Crippen LogP contribution is 2.18. The Balaban J connectivity index is 2.15. The predicted molar refractivity (Wildman–Crippen MR) is 67.4 cm³/mol. The van der Waals surface area contributed by atoms with E-state index in [1.54, 1.807) is 9.58 Å². The van der Waals surface area contributed by atoms with Crippen LogP contribution < -0.4 is 5.73 Å². The van der Waals surface area contributed by atoms with Crippen molar-refractivity contribution in [3.8, 4) is 0 Å². The summed E-state index contributed by atoms with van der Waals surface area (Å²) in [6.07, 6.45) is 1.05. The molecule has 1 aliphatic rings. The fourth-order valence-electron chi connectivity index (χ4n) is 1.93. The molecule has 0 saturated heterocycles. The molecule has 2 heterocycles. The maximum Gasteiger partial charge on any atom is 0.410 e. The summed E-state index contributed by atoms with van der Waals surface area (Å²) in [6.45, 7) is 6.76. The first-order valence-electron chi connectivity index (χ1n) is 6.10. The fraction of sp³-hybridized carbons (Fsp3) is 0.583. The van der Waals surface area contributed by atoms with Crippen LogP contribution in [0.25, 0.3) is 0 Å². The van der Waals surface area contributed by atoms with Gasteiger partial charge in [0.15, 0.2) is 0 Å². The van der Waals surface area contributed by atoms with Gasteiger partial charge >= 0.3 is 6.09 Å². The van der Waals surface area contributed by atoms with Gasteiger partial charge in [-0.2, -0.15) is 5.10 Å². The Bertz CT molecular complexity index is 516. The molecule has 0 spiro atoms. The third-order valence-corrected chi connectivity index (χ3v) is 2.79. The van der Waals surface area contributed by atoms with Crippen molar-refractivity contribution in [2.24, 2.45) is 5.73 Å². The number of nitrogens with two attached hydrogens (primary N) is 1. The number of primary amides is 1. The minimum atomic E-state index is -0.540. The highest BCUT2D eigenvalue weighted by molar-refractivity contribution is 5.93. The highest BCUT2D eigenvalue weighted by atomic mass is 16.6. The normalized spacial score (nSPS) is 15.0. The van der Waals surface area contributed by atoms with E-state index in [-0.39, 0.29) is 6.54 Å². The van der Waals surface area contributed by atoms with Gasteiger partial charge in [0.1, 0.15) is 5.60 Å². The van der Waals surface area contributed by atoms with Gasteiger partial charge in [0, 0.05) is 6.54 Å². The molecule has 2 rings (SSSR count). The van der Waals surface area contributed by atoms with Gasteiger partial charge in [-0.15, -0.1) is 0 Å². The molecule has 19 heavy (non-hydrogen) atoms. The molecule has 2 N–H and O–H groups in total. The van der Waals surface area contributed by atoms with Crippen LogP contribution in [0.3, 0.4) is 0 Å². The van der Waals surface area contributed by atoms with Gasteiger partial charge in [-0.05, 0) is 20.8 Å². The van der Waals surface area contributed by atoms with E-state index in [0.29, 0.717) is 24.3 Å². The quantitative estimate of drug-likeness (QED) is 0.811. The van der Waals surface area contributed by atoms with E-state index in [2.05, 4.69) is 5.10 Å². The molecule has 0 radical (unpaired) electrons. The number of hydrogen-bond acceptors (Lipinski definition) is 4. The number of nitrogens with zero attached hydrogens (tertiary/aromatic N) is 3. The van der Waals surface area contributed by atoms with E-state index in [4.69, 9.17) is 10.5 Å². The molecule has 7 heteroatoms. The largest absolute Gasteiger partial charge is 0.444 e. The van der Waals surface area contributed by atoms with Crippen LogP contribution in [0.15, 0.2) is 6.20 Å². The lowest BCUT2D eigenvalue weighted by molar-refractivity contribution is 0.0193. The Morgan fingerprint density at radius 1 is 1.37 bits per heavy atom. The first-order valence-corrected chi connectivity index (χ1v) is 6.10. The number of hydrogen-bond donors (Lipinski definition) is 1. The summed E-state index contributed by atoms with van der Waals surface area (Å²) >= 11 is 0. The predicted octanol–water partition coefficient (Wildman–Crippen LogP) is 0.733. The van der Waals surface area contributed by atoms with Crippen molar-refractivity contribution in [3.05, 3.63) is 17.5 Å². The maximum absolute atomic E-state index is 12.0. The molecule has 0 atom stereocenters. The molecule has 2 amide bonds. The number of fused-ring (bicyclic) bond motifs is 1. The second-order valence-electron chi connectivity index (χ2n) is 5.49. The van der Waals surface area contributed by atoms with E-state index in [0.717, 1.165) is 0 Å². The Hall–Kier alpha value is -2.05. The van der Waals surface area contributed by atoms with Gasteiger partial charge in [0.05, 0.1) is 30.5 Å². The van der Waals surface area contributed by atoms with Crippen LogP contribution in [0, 0.1) is 0 Å². The SMILES string of the molecule is CC(C)(C)OC(=O)N1CCn2ncc(C(N)=O)c2C1. The number of ether oxygens (including phenoxy) is 1. The van der Waals surface area contributed by atoms with E-state index in [9.17, 15) is 9.59 Å². The lowest BCUT2D eigenvalue weighted by Crippen LogP contribution is -2.42. The maximum atomic E-state index is 12.0. The van der Waals surface area contributed by atoms with Gasteiger partial charge in [-0.1, -0.05) is 0 Å². The fourth-order valence-corrected chi connectivity index (χ4v) is 1.93. The van der Waals surface area contributed by atoms with Crippen LogP contribution in [0.2, 0.25) is 0 Å². The molecule has 0 fully saturated rings. The molecule has 1 aliphatic heterocycles. The van der Waals surface area contributed by atoms with Gasteiger partial charge in [-0.25, -0.2) is 4.79 Å². The summed E-state index contributed by atoms with van der Waals surface area (Å²) in [5.74, 6) is -0.535. The van der Waals surface area contributed by atoms with E-state index in [1.165, 1.54) is 6.20 Å². The molecule has 7 nitrogen and oxygen atoms in total. The zero-order valence-corrected chi connectivity index (χ0v) is 11.3. The average Bonchev–Trinajstić information content (AvgIpc) is 2.68. The Labute approximate surface area is 111 Å². The molecule has 1 aromatic rings. The topological polar surface area (TPSA) is 90.4 Å². The van der Waals surface area contributed by atoms with Crippen LogP contribution in [-0.2, 0) is 17.8 Å². The second-order valence-corrected chi connectivity index (χ2v) is 5.49. The van der Waals surface area contributed by atoms with Crippen molar-refractivity contribution in [2.75, 3.05) is 6.54 Å².